The molecule has 3 atom stereocenters. The van der Waals surface area contributed by atoms with Crippen LogP contribution in [0.15, 0.2) is 60.7 Å². The van der Waals surface area contributed by atoms with Crippen molar-refractivity contribution in [2.75, 3.05) is 11.6 Å². The highest BCUT2D eigenvalue weighted by Gasteiger charge is 2.46. The zero-order valence-electron chi connectivity index (χ0n) is 21.4. The minimum atomic E-state index is -5.15. The summed E-state index contributed by atoms with van der Waals surface area (Å²) < 4.78 is 45.1. The minimum Gasteiger partial charge on any atom is -0.445 e. The van der Waals surface area contributed by atoms with Gasteiger partial charge in [-0.3, -0.25) is 14.4 Å². The number of ether oxygens (including phenoxy) is 1. The number of hydrogen-bond acceptors (Lipinski definition) is 6. The summed E-state index contributed by atoms with van der Waals surface area (Å²) in [7, 11) is 0. The van der Waals surface area contributed by atoms with Crippen molar-refractivity contribution in [2.45, 2.75) is 51.2 Å². The quantitative estimate of drug-likeness (QED) is 0.455. The van der Waals surface area contributed by atoms with Crippen molar-refractivity contribution in [3.63, 3.8) is 0 Å². The van der Waals surface area contributed by atoms with Crippen LogP contribution in [0.5, 0.6) is 0 Å². The van der Waals surface area contributed by atoms with E-state index in [9.17, 15) is 32.3 Å². The third-order valence-corrected chi connectivity index (χ3v) is 7.09. The van der Waals surface area contributed by atoms with Crippen molar-refractivity contribution in [3.8, 4) is 0 Å². The predicted octanol–water partition coefficient (Wildman–Crippen LogP) is 3.70. The van der Waals surface area contributed by atoms with Crippen molar-refractivity contribution in [1.82, 2.24) is 15.5 Å². The zero-order chi connectivity index (χ0) is 28.6. The van der Waals surface area contributed by atoms with Gasteiger partial charge in [-0.05, 0) is 17.0 Å². The van der Waals surface area contributed by atoms with Crippen LogP contribution in [0.25, 0.3) is 0 Å². The third kappa shape index (κ3) is 8.47. The van der Waals surface area contributed by atoms with Gasteiger partial charge in [0.2, 0.25) is 11.8 Å². The van der Waals surface area contributed by atoms with Gasteiger partial charge >= 0.3 is 12.3 Å². The fourth-order valence-corrected chi connectivity index (χ4v) is 5.15. The van der Waals surface area contributed by atoms with E-state index in [0.717, 1.165) is 5.56 Å². The molecule has 0 bridgehead atoms. The third-order valence-electron chi connectivity index (χ3n) is 6.08. The Bertz CT molecular complexity index is 1150. The maximum Gasteiger partial charge on any atom is 0.452 e. The minimum absolute atomic E-state index is 0.00763. The van der Waals surface area contributed by atoms with Crippen molar-refractivity contribution < 1.29 is 37.1 Å². The molecule has 1 saturated heterocycles. The Hall–Kier alpha value is -3.54. The Balaban J connectivity index is 1.69. The summed E-state index contributed by atoms with van der Waals surface area (Å²) in [5.41, 5.74) is 1.19. The molecule has 0 aromatic heterocycles. The summed E-state index contributed by atoms with van der Waals surface area (Å²) in [6, 6.07) is 13.0. The van der Waals surface area contributed by atoms with Crippen LogP contribution >= 0.6 is 11.8 Å². The van der Waals surface area contributed by atoms with Crippen molar-refractivity contribution in [2.24, 2.45) is 5.92 Å². The van der Waals surface area contributed by atoms with Crippen LogP contribution in [0.1, 0.15) is 25.0 Å². The number of alkyl halides is 3. The van der Waals surface area contributed by atoms with Crippen LogP contribution in [0, 0.1) is 5.92 Å². The Morgan fingerprint density at radius 2 is 1.56 bits per heavy atom. The van der Waals surface area contributed by atoms with Crippen LogP contribution < -0.4 is 10.6 Å². The SMILES string of the molecule is CC(C)[C@H](NC(=O)OCc1ccccc1)C(=O)N1CSC[C@H]1C(=O)NC(Cc1ccccc1)C(=O)C(F)(F)F. The standard InChI is InChI=1S/C27H30F3N3O5S/c1-17(2)22(32-26(37)38-14-19-11-7-4-8-12-19)25(36)33-16-39-15-21(33)24(35)31-20(23(34)27(28,29)30)13-18-9-5-3-6-10-18/h3-12,17,20-22H,13-16H2,1-2H3,(H,31,35)(H,32,37)/t20?,21-,22-/m0/s1. The molecule has 1 fully saturated rings. The summed E-state index contributed by atoms with van der Waals surface area (Å²) in [6.45, 7) is 3.40. The summed E-state index contributed by atoms with van der Waals surface area (Å²) in [5, 5.41) is 4.76. The second-order valence-corrected chi connectivity index (χ2v) is 10.4. The number of nitrogens with one attached hydrogen (secondary N) is 2. The van der Waals surface area contributed by atoms with Gasteiger partial charge in [-0.25, -0.2) is 4.79 Å². The van der Waals surface area contributed by atoms with Crippen molar-refractivity contribution in [3.05, 3.63) is 71.8 Å². The second-order valence-electron chi connectivity index (χ2n) is 9.36. The second kappa shape index (κ2) is 13.5. The molecule has 39 heavy (non-hydrogen) atoms. The molecular weight excluding hydrogens is 535 g/mol. The number of benzene rings is 2. The largest absolute Gasteiger partial charge is 0.452 e. The fraction of sp³-hybridized carbons (Fsp3) is 0.407. The molecule has 1 aliphatic rings. The molecule has 3 amide bonds. The Labute approximate surface area is 228 Å². The number of carbonyl (C=O) groups is 4. The van der Waals surface area contributed by atoms with E-state index < -0.39 is 48.0 Å². The number of rotatable bonds is 10. The molecule has 0 spiro atoms. The van der Waals surface area contributed by atoms with Crippen LogP contribution in [0.3, 0.4) is 0 Å². The molecule has 1 heterocycles. The number of alkyl carbamates (subject to hydrolysis) is 1. The lowest BCUT2D eigenvalue weighted by Gasteiger charge is -2.30. The van der Waals surface area contributed by atoms with Crippen molar-refractivity contribution in [1.29, 1.82) is 0 Å². The van der Waals surface area contributed by atoms with Gasteiger partial charge in [-0.15, -0.1) is 11.8 Å². The Kier molecular flexibility index (Phi) is 10.4. The van der Waals surface area contributed by atoms with Crippen LogP contribution in [-0.4, -0.2) is 64.5 Å². The normalized spacial score (nSPS) is 16.9. The van der Waals surface area contributed by atoms with Crippen LogP contribution in [0.2, 0.25) is 0 Å². The molecule has 2 aromatic carbocycles. The lowest BCUT2D eigenvalue weighted by molar-refractivity contribution is -0.173. The molecule has 3 rings (SSSR count). The highest BCUT2D eigenvalue weighted by molar-refractivity contribution is 7.99. The van der Waals surface area contributed by atoms with Gasteiger partial charge in [0, 0.05) is 12.2 Å². The van der Waals surface area contributed by atoms with Gasteiger partial charge in [0.25, 0.3) is 5.78 Å². The van der Waals surface area contributed by atoms with Gasteiger partial charge < -0.3 is 20.3 Å². The first kappa shape index (κ1) is 30.0. The van der Waals surface area contributed by atoms with E-state index in [1.165, 1.54) is 16.7 Å². The average molecular weight is 566 g/mol. The Morgan fingerprint density at radius 1 is 0.974 bits per heavy atom. The van der Waals surface area contributed by atoms with Gasteiger partial charge in [-0.1, -0.05) is 74.5 Å². The molecule has 0 aliphatic carbocycles. The van der Waals surface area contributed by atoms with E-state index in [2.05, 4.69) is 10.6 Å². The molecule has 210 valence electrons. The molecule has 1 unspecified atom stereocenters. The van der Waals surface area contributed by atoms with Gasteiger partial charge in [-0.2, -0.15) is 13.2 Å². The molecule has 2 aromatic rings. The van der Waals surface area contributed by atoms with E-state index in [4.69, 9.17) is 4.74 Å². The first-order chi connectivity index (χ1) is 18.5. The number of ketones is 1. The number of nitrogens with zero attached hydrogens (tertiary/aromatic N) is 1. The van der Waals surface area contributed by atoms with Gasteiger partial charge in [0.1, 0.15) is 24.7 Å². The molecule has 12 heteroatoms. The van der Waals surface area contributed by atoms with Crippen molar-refractivity contribution >= 4 is 35.5 Å². The molecule has 1 aliphatic heterocycles. The molecular formula is C27H30F3N3O5S. The number of halogens is 3. The molecule has 8 nitrogen and oxygen atoms in total. The maximum atomic E-state index is 13.4. The van der Waals surface area contributed by atoms with Crippen LogP contribution in [-0.2, 0) is 32.1 Å². The zero-order valence-corrected chi connectivity index (χ0v) is 22.3. The monoisotopic (exact) mass is 565 g/mol. The van der Waals surface area contributed by atoms with Crippen LogP contribution in [0.4, 0.5) is 18.0 Å². The highest BCUT2D eigenvalue weighted by atomic mass is 32.2. The molecule has 2 N–H and O–H groups in total. The van der Waals surface area contributed by atoms with E-state index in [0.29, 0.717) is 5.56 Å². The number of thioether (sulfide) groups is 1. The lowest BCUT2D eigenvalue weighted by Crippen LogP contribution is -2.58. The first-order valence-electron chi connectivity index (χ1n) is 12.3. The number of carbonyl (C=O) groups excluding carboxylic acids is 4. The van der Waals surface area contributed by atoms with E-state index in [-0.39, 0.29) is 30.6 Å². The Morgan fingerprint density at radius 3 is 2.13 bits per heavy atom. The lowest BCUT2D eigenvalue weighted by atomic mass is 10.0. The summed E-state index contributed by atoms with van der Waals surface area (Å²) in [5.74, 6) is -3.69. The van der Waals surface area contributed by atoms with E-state index in [1.54, 1.807) is 68.4 Å². The summed E-state index contributed by atoms with van der Waals surface area (Å²) >= 11 is 1.24. The molecule has 0 saturated carbocycles. The summed E-state index contributed by atoms with van der Waals surface area (Å²) in [6.07, 6.45) is -6.33. The van der Waals surface area contributed by atoms with Gasteiger partial charge in [0.15, 0.2) is 0 Å². The number of amides is 3. The van der Waals surface area contributed by atoms with Gasteiger partial charge in [0.05, 0.1) is 5.88 Å². The first-order valence-corrected chi connectivity index (χ1v) is 13.4. The number of hydrogen-bond donors (Lipinski definition) is 2. The maximum absolute atomic E-state index is 13.4. The predicted molar refractivity (Wildman–Crippen MR) is 139 cm³/mol. The molecule has 0 radical (unpaired) electrons. The van der Waals surface area contributed by atoms with E-state index in [1.807, 2.05) is 6.07 Å². The summed E-state index contributed by atoms with van der Waals surface area (Å²) in [4.78, 5) is 52.3. The average Bonchev–Trinajstić information content (AvgIpc) is 3.40. The fourth-order valence-electron chi connectivity index (χ4n) is 3.99. The number of Topliss-reactive ketones (excluding diaryl/α,β-unsaturated/α-hetero) is 1. The smallest absolute Gasteiger partial charge is 0.445 e. The van der Waals surface area contributed by atoms with E-state index >= 15 is 0 Å². The topological polar surface area (TPSA) is 105 Å². The highest BCUT2D eigenvalue weighted by Crippen LogP contribution is 2.25.